The van der Waals surface area contributed by atoms with E-state index >= 15 is 0 Å². The molecule has 1 aliphatic heterocycles. The standard InChI is InChI=1S/C31H27N3O6S/c1-4-38-25-13-11-20(16-26(25)39-5-2)28-23(30(36)37-3)18-33-31-34(28)29(35)27(41-31)17-22-21-9-7-6-8-19(21)10-12-24(22)40-15-14-32/h6-13,16-18,28H,4-5,15H2,1-3H3/b27-17+/t28-/m0/s1. The zero-order valence-corrected chi connectivity index (χ0v) is 23.6. The van der Waals surface area contributed by atoms with Crippen LogP contribution in [0.4, 0.5) is 0 Å². The zero-order valence-electron chi connectivity index (χ0n) is 22.7. The molecule has 0 bridgehead atoms. The first-order valence-electron chi connectivity index (χ1n) is 13.0. The van der Waals surface area contributed by atoms with Gasteiger partial charge in [0.05, 0.1) is 36.5 Å². The Labute approximate surface area is 239 Å². The number of aromatic nitrogens is 1. The number of nitriles is 1. The molecule has 4 aromatic rings. The lowest BCUT2D eigenvalue weighted by molar-refractivity contribution is -0.136. The number of benzene rings is 3. The number of methoxy groups -OCH3 is 1. The molecule has 1 aromatic heterocycles. The number of rotatable bonds is 9. The van der Waals surface area contributed by atoms with Gasteiger partial charge in [0.15, 0.2) is 22.9 Å². The summed E-state index contributed by atoms with van der Waals surface area (Å²) >= 11 is 1.20. The molecule has 0 aliphatic carbocycles. The predicted octanol–water partition coefficient (Wildman–Crippen LogP) is 3.87. The number of carbonyl (C=O) groups is 1. The van der Waals surface area contributed by atoms with E-state index in [1.54, 1.807) is 30.3 Å². The number of hydrogen-bond donors (Lipinski definition) is 0. The zero-order chi connectivity index (χ0) is 28.9. The summed E-state index contributed by atoms with van der Waals surface area (Å²) < 4.78 is 24.2. The summed E-state index contributed by atoms with van der Waals surface area (Å²) in [5.41, 5.74) is 1.19. The van der Waals surface area contributed by atoms with Gasteiger partial charge in [0.25, 0.3) is 5.56 Å². The van der Waals surface area contributed by atoms with Gasteiger partial charge in [-0.15, -0.1) is 0 Å². The van der Waals surface area contributed by atoms with Crippen LogP contribution in [0, 0.1) is 11.3 Å². The average Bonchev–Trinajstić information content (AvgIpc) is 3.31. The molecule has 0 fully saturated rings. The van der Waals surface area contributed by atoms with Gasteiger partial charge in [0.2, 0.25) is 0 Å². The van der Waals surface area contributed by atoms with E-state index in [4.69, 9.17) is 24.2 Å². The average molecular weight is 570 g/mol. The van der Waals surface area contributed by atoms with Crippen LogP contribution >= 0.6 is 11.3 Å². The minimum atomic E-state index is -0.808. The second-order valence-corrected chi connectivity index (χ2v) is 9.90. The number of hydrogen-bond acceptors (Lipinski definition) is 9. The van der Waals surface area contributed by atoms with E-state index in [1.165, 1.54) is 29.2 Å². The molecule has 9 nitrogen and oxygen atoms in total. The molecule has 0 saturated carbocycles. The van der Waals surface area contributed by atoms with Crippen molar-refractivity contribution >= 4 is 34.2 Å². The highest BCUT2D eigenvalue weighted by atomic mass is 32.1. The van der Waals surface area contributed by atoms with E-state index < -0.39 is 12.0 Å². The first kappa shape index (κ1) is 27.7. The number of carbonyl (C=O) groups excluding carboxylic acids is 1. The molecule has 0 N–H and O–H groups in total. The first-order valence-corrected chi connectivity index (χ1v) is 13.8. The Morgan fingerprint density at radius 2 is 1.80 bits per heavy atom. The summed E-state index contributed by atoms with van der Waals surface area (Å²) in [5, 5.41) is 10.9. The van der Waals surface area contributed by atoms with E-state index in [-0.39, 0.29) is 17.7 Å². The van der Waals surface area contributed by atoms with Crippen molar-refractivity contribution in [1.29, 1.82) is 5.26 Å². The van der Waals surface area contributed by atoms with E-state index in [0.717, 1.165) is 10.8 Å². The highest BCUT2D eigenvalue weighted by Crippen LogP contribution is 2.35. The van der Waals surface area contributed by atoms with Gasteiger partial charge in [-0.1, -0.05) is 47.7 Å². The molecule has 1 aliphatic rings. The molecular formula is C31H27N3O6S. The van der Waals surface area contributed by atoms with Crippen molar-refractivity contribution in [2.45, 2.75) is 19.9 Å². The topological polar surface area (TPSA) is 112 Å². The molecule has 5 rings (SSSR count). The monoisotopic (exact) mass is 569 g/mol. The third kappa shape index (κ3) is 5.32. The first-order chi connectivity index (χ1) is 20.0. The van der Waals surface area contributed by atoms with Gasteiger partial charge in [0.1, 0.15) is 11.8 Å². The molecule has 1 atom stereocenters. The SMILES string of the molecule is CCOc1ccc([C@H]2C(C(=O)OC)=CN=c3s/c(=C/c4c(OCC#N)ccc5ccccc45)c(=O)n32)cc1OCC. The summed E-state index contributed by atoms with van der Waals surface area (Å²) in [4.78, 5) is 31.8. The van der Waals surface area contributed by atoms with Crippen molar-refractivity contribution in [3.8, 4) is 23.3 Å². The summed E-state index contributed by atoms with van der Waals surface area (Å²) in [6.07, 6.45) is 3.20. The van der Waals surface area contributed by atoms with Crippen LogP contribution in [0.25, 0.3) is 16.8 Å². The Morgan fingerprint density at radius 3 is 2.56 bits per heavy atom. The number of esters is 1. The van der Waals surface area contributed by atoms with Crippen LogP contribution in [-0.4, -0.2) is 37.5 Å². The van der Waals surface area contributed by atoms with E-state index in [1.807, 2.05) is 50.2 Å². The molecule has 0 unspecified atom stereocenters. The molecule has 41 heavy (non-hydrogen) atoms. The van der Waals surface area contributed by atoms with Gasteiger partial charge in [-0.3, -0.25) is 9.36 Å². The maximum Gasteiger partial charge on any atom is 0.337 e. The van der Waals surface area contributed by atoms with Crippen LogP contribution in [0.5, 0.6) is 17.2 Å². The Hall–Kier alpha value is -4.88. The summed E-state index contributed by atoms with van der Waals surface area (Å²) in [6.45, 7) is 4.48. The van der Waals surface area contributed by atoms with Crippen LogP contribution < -0.4 is 29.1 Å². The normalized spacial score (nSPS) is 14.4. The number of fused-ring (bicyclic) bond motifs is 2. The van der Waals surface area contributed by atoms with Crippen molar-refractivity contribution in [2.24, 2.45) is 4.99 Å². The highest BCUT2D eigenvalue weighted by Gasteiger charge is 2.31. The Kier molecular flexibility index (Phi) is 8.17. The molecule has 208 valence electrons. The predicted molar refractivity (Wildman–Crippen MR) is 155 cm³/mol. The Balaban J connectivity index is 1.73. The highest BCUT2D eigenvalue weighted by molar-refractivity contribution is 7.07. The molecule has 10 heteroatoms. The maximum absolute atomic E-state index is 14.1. The van der Waals surface area contributed by atoms with Crippen molar-refractivity contribution in [1.82, 2.24) is 4.57 Å². The van der Waals surface area contributed by atoms with Gasteiger partial charge >= 0.3 is 5.97 Å². The van der Waals surface area contributed by atoms with Crippen molar-refractivity contribution in [3.63, 3.8) is 0 Å². The number of nitrogens with zero attached hydrogens (tertiary/aromatic N) is 3. The van der Waals surface area contributed by atoms with Crippen molar-refractivity contribution in [2.75, 3.05) is 26.9 Å². The third-order valence-electron chi connectivity index (χ3n) is 6.51. The second-order valence-electron chi connectivity index (χ2n) is 8.89. The van der Waals surface area contributed by atoms with Gasteiger partial charge in [-0.25, -0.2) is 9.79 Å². The Bertz CT molecular complexity index is 1880. The fourth-order valence-corrected chi connectivity index (χ4v) is 5.73. The molecule has 2 heterocycles. The summed E-state index contributed by atoms with van der Waals surface area (Å²) in [7, 11) is 1.29. The van der Waals surface area contributed by atoms with E-state index in [2.05, 4.69) is 4.99 Å². The fraction of sp³-hybridized carbons (Fsp3) is 0.226. The molecular weight excluding hydrogens is 542 g/mol. The van der Waals surface area contributed by atoms with E-state index in [0.29, 0.717) is 50.9 Å². The molecule has 0 amide bonds. The summed E-state index contributed by atoms with van der Waals surface area (Å²) in [6, 6.07) is 18.0. The lowest BCUT2D eigenvalue weighted by atomic mass is 9.97. The van der Waals surface area contributed by atoms with Gasteiger partial charge in [0, 0.05) is 11.8 Å². The fourth-order valence-electron chi connectivity index (χ4n) is 4.78. The quantitative estimate of drug-likeness (QED) is 0.281. The van der Waals surface area contributed by atoms with Crippen molar-refractivity contribution < 1.29 is 23.7 Å². The lowest BCUT2D eigenvalue weighted by Gasteiger charge is -2.23. The maximum atomic E-state index is 14.1. The van der Waals surface area contributed by atoms with Gasteiger partial charge in [-0.2, -0.15) is 5.26 Å². The third-order valence-corrected chi connectivity index (χ3v) is 7.50. The second kappa shape index (κ2) is 12.1. The number of thiazole rings is 1. The van der Waals surface area contributed by atoms with Crippen LogP contribution in [0.1, 0.15) is 31.0 Å². The summed E-state index contributed by atoms with van der Waals surface area (Å²) in [5.74, 6) is 0.956. The lowest BCUT2D eigenvalue weighted by Crippen LogP contribution is -2.39. The largest absolute Gasteiger partial charge is 0.490 e. The molecule has 3 aromatic carbocycles. The molecule has 0 radical (unpaired) electrons. The minimum Gasteiger partial charge on any atom is -0.490 e. The van der Waals surface area contributed by atoms with Gasteiger partial charge < -0.3 is 18.9 Å². The smallest absolute Gasteiger partial charge is 0.337 e. The molecule has 0 spiro atoms. The minimum absolute atomic E-state index is 0.136. The Morgan fingerprint density at radius 1 is 1.05 bits per heavy atom. The number of ether oxygens (including phenoxy) is 4. The van der Waals surface area contributed by atoms with Crippen LogP contribution in [0.3, 0.4) is 0 Å². The van der Waals surface area contributed by atoms with Crippen molar-refractivity contribution in [3.05, 3.63) is 97.2 Å². The van der Waals surface area contributed by atoms with E-state index in [9.17, 15) is 9.59 Å². The van der Waals surface area contributed by atoms with Crippen LogP contribution in [0.15, 0.2) is 76.2 Å². The van der Waals surface area contributed by atoms with Gasteiger partial charge in [-0.05, 0) is 54.5 Å². The van der Waals surface area contributed by atoms with Crippen LogP contribution in [-0.2, 0) is 9.53 Å². The van der Waals surface area contributed by atoms with Crippen LogP contribution in [0.2, 0.25) is 0 Å². The molecule has 0 saturated heterocycles.